The highest BCUT2D eigenvalue weighted by Gasteiger charge is 2.50. The molecular weight excluding hydrogens is 404 g/mol. The zero-order valence-corrected chi connectivity index (χ0v) is 17.1. The topological polar surface area (TPSA) is 92.8 Å². The molecule has 2 aromatic carbocycles. The Bertz CT molecular complexity index is 1070. The van der Waals surface area contributed by atoms with Crippen LogP contribution in [0.25, 0.3) is 0 Å². The maximum atomic E-state index is 12.6. The molecule has 1 fully saturated rings. The number of halogens is 1. The lowest BCUT2D eigenvalue weighted by Crippen LogP contribution is -2.33. The van der Waals surface area contributed by atoms with Gasteiger partial charge in [0.25, 0.3) is 5.91 Å². The van der Waals surface area contributed by atoms with Crippen molar-refractivity contribution in [2.24, 2.45) is 5.41 Å². The van der Waals surface area contributed by atoms with Crippen molar-refractivity contribution in [1.82, 2.24) is 0 Å². The third kappa shape index (κ3) is 3.70. The molecule has 0 radical (unpaired) electrons. The lowest BCUT2D eigenvalue weighted by Gasteiger charge is -2.19. The van der Waals surface area contributed by atoms with Crippen molar-refractivity contribution in [3.8, 4) is 5.75 Å². The van der Waals surface area contributed by atoms with Gasteiger partial charge >= 0.3 is 0 Å². The Morgan fingerprint density at radius 1 is 1.21 bits per heavy atom. The fourth-order valence-corrected chi connectivity index (χ4v) is 5.32. The first-order valence-corrected chi connectivity index (χ1v) is 10.4. The van der Waals surface area contributed by atoms with Crippen molar-refractivity contribution in [3.05, 3.63) is 53.1 Å². The van der Waals surface area contributed by atoms with Crippen molar-refractivity contribution in [2.45, 2.75) is 13.8 Å². The lowest BCUT2D eigenvalue weighted by atomic mass is 9.95. The van der Waals surface area contributed by atoms with Gasteiger partial charge in [0.1, 0.15) is 5.75 Å². The molecule has 7 nitrogen and oxygen atoms in total. The fourth-order valence-electron chi connectivity index (χ4n) is 2.96. The van der Waals surface area contributed by atoms with Gasteiger partial charge in [0.05, 0.1) is 29.0 Å². The first kappa shape index (κ1) is 20.2. The van der Waals surface area contributed by atoms with Gasteiger partial charge in [-0.25, -0.2) is 12.7 Å². The van der Waals surface area contributed by atoms with Crippen LogP contribution in [0.1, 0.15) is 24.2 Å². The van der Waals surface area contributed by atoms with E-state index in [1.54, 1.807) is 38.1 Å². The number of ether oxygens (including phenoxy) is 1. The number of anilines is 2. The van der Waals surface area contributed by atoms with Gasteiger partial charge in [-0.1, -0.05) is 17.7 Å². The molecule has 1 N–H and O–H groups in total. The van der Waals surface area contributed by atoms with Gasteiger partial charge in [0, 0.05) is 17.3 Å². The van der Waals surface area contributed by atoms with E-state index >= 15 is 0 Å². The summed E-state index contributed by atoms with van der Waals surface area (Å²) in [6.07, 6.45) is 0. The molecule has 0 spiro atoms. The van der Waals surface area contributed by atoms with Crippen molar-refractivity contribution >= 4 is 44.8 Å². The molecule has 0 aromatic heterocycles. The number of sulfonamides is 1. The zero-order valence-electron chi connectivity index (χ0n) is 15.5. The van der Waals surface area contributed by atoms with Crippen LogP contribution in [0.4, 0.5) is 11.4 Å². The largest absolute Gasteiger partial charge is 0.497 e. The highest BCUT2D eigenvalue weighted by Crippen LogP contribution is 2.39. The van der Waals surface area contributed by atoms with E-state index in [-0.39, 0.29) is 22.0 Å². The maximum absolute atomic E-state index is 12.6. The van der Waals surface area contributed by atoms with Gasteiger partial charge in [-0.2, -0.15) is 0 Å². The van der Waals surface area contributed by atoms with Crippen LogP contribution in [0.3, 0.4) is 0 Å². The number of amides is 2. The number of carbonyl (C=O) groups excluding carboxylic acids is 2. The molecule has 1 heterocycles. The second-order valence-electron chi connectivity index (χ2n) is 7.06. The molecule has 28 heavy (non-hydrogen) atoms. The molecule has 0 aliphatic carbocycles. The number of hydrogen-bond donors (Lipinski definition) is 1. The molecule has 0 unspecified atom stereocenters. The predicted octanol–water partition coefficient (Wildman–Crippen LogP) is 3.30. The molecule has 2 amide bonds. The lowest BCUT2D eigenvalue weighted by molar-refractivity contribution is -0.123. The number of benzene rings is 2. The first-order valence-electron chi connectivity index (χ1n) is 8.37. The average Bonchev–Trinajstić information content (AvgIpc) is 2.78. The van der Waals surface area contributed by atoms with Gasteiger partial charge in [0.2, 0.25) is 15.9 Å². The zero-order chi connectivity index (χ0) is 20.7. The van der Waals surface area contributed by atoms with Crippen LogP contribution >= 0.6 is 11.6 Å². The summed E-state index contributed by atoms with van der Waals surface area (Å²) in [5, 5.41) is 2.77. The van der Waals surface area contributed by atoms with Gasteiger partial charge in [-0.3, -0.25) is 9.59 Å². The highest BCUT2D eigenvalue weighted by molar-refractivity contribution is 7.94. The molecular formula is C19H19ClN2O5S. The van der Waals surface area contributed by atoms with Crippen LogP contribution in [0.2, 0.25) is 5.02 Å². The minimum Gasteiger partial charge on any atom is -0.497 e. The van der Waals surface area contributed by atoms with Gasteiger partial charge in [-0.15, -0.1) is 0 Å². The fraction of sp³-hybridized carbons (Fsp3) is 0.263. The minimum atomic E-state index is -3.88. The summed E-state index contributed by atoms with van der Waals surface area (Å²) < 4.78 is 30.8. The molecule has 2 aromatic rings. The summed E-state index contributed by atoms with van der Waals surface area (Å²) in [4.78, 5) is 25.2. The Balaban J connectivity index is 1.95. The summed E-state index contributed by atoms with van der Waals surface area (Å²) in [6.45, 7) is 3.11. The highest BCUT2D eigenvalue weighted by atomic mass is 35.5. The van der Waals surface area contributed by atoms with Crippen molar-refractivity contribution in [1.29, 1.82) is 0 Å². The third-order valence-corrected chi connectivity index (χ3v) is 6.66. The summed E-state index contributed by atoms with van der Waals surface area (Å²) in [7, 11) is -2.36. The Kier molecular flexibility index (Phi) is 5.12. The maximum Gasteiger partial charge on any atom is 0.255 e. The van der Waals surface area contributed by atoms with Crippen LogP contribution in [0.5, 0.6) is 5.75 Å². The second-order valence-corrected chi connectivity index (χ2v) is 9.29. The van der Waals surface area contributed by atoms with Crippen LogP contribution < -0.4 is 14.4 Å². The van der Waals surface area contributed by atoms with Crippen molar-refractivity contribution in [2.75, 3.05) is 22.5 Å². The Labute approximate surface area is 168 Å². The molecule has 9 heteroatoms. The molecule has 0 atom stereocenters. The van der Waals surface area contributed by atoms with E-state index in [1.165, 1.54) is 25.3 Å². The second kappa shape index (κ2) is 7.10. The van der Waals surface area contributed by atoms with Crippen LogP contribution in [-0.4, -0.2) is 33.1 Å². The monoisotopic (exact) mass is 422 g/mol. The number of hydrogen-bond acceptors (Lipinski definition) is 5. The smallest absolute Gasteiger partial charge is 0.255 e. The van der Waals surface area contributed by atoms with E-state index in [0.717, 1.165) is 0 Å². The van der Waals surface area contributed by atoms with E-state index in [1.807, 2.05) is 0 Å². The molecule has 148 valence electrons. The Morgan fingerprint density at radius 3 is 2.54 bits per heavy atom. The number of rotatable bonds is 4. The first-order chi connectivity index (χ1) is 13.0. The van der Waals surface area contributed by atoms with E-state index in [9.17, 15) is 18.0 Å². The number of methoxy groups -OCH3 is 1. The average molecular weight is 423 g/mol. The molecule has 1 aliphatic rings. The standard InChI is InChI=1S/C19H19ClN2O5S/c1-19(2)11-28(25,26)22(18(19)24)16-9-12(7-8-15(16)20)17(23)21-13-5-4-6-14(10-13)27-3/h4-10H,11H2,1-3H3,(H,21,23). The predicted molar refractivity (Wildman–Crippen MR) is 107 cm³/mol. The van der Waals surface area contributed by atoms with Gasteiger partial charge < -0.3 is 10.1 Å². The summed E-state index contributed by atoms with van der Waals surface area (Å²) >= 11 is 6.16. The van der Waals surface area contributed by atoms with E-state index in [4.69, 9.17) is 16.3 Å². The molecule has 0 saturated carbocycles. The van der Waals surface area contributed by atoms with E-state index in [0.29, 0.717) is 15.7 Å². The molecule has 1 aliphatic heterocycles. The summed E-state index contributed by atoms with van der Waals surface area (Å²) in [6, 6.07) is 10.9. The normalized spacial score (nSPS) is 17.4. The van der Waals surface area contributed by atoms with Gasteiger partial charge in [-0.05, 0) is 44.2 Å². The van der Waals surface area contributed by atoms with Crippen molar-refractivity contribution < 1.29 is 22.7 Å². The van der Waals surface area contributed by atoms with E-state index in [2.05, 4.69) is 5.32 Å². The molecule has 3 rings (SSSR count). The number of carbonyl (C=O) groups is 2. The van der Waals surface area contributed by atoms with Crippen LogP contribution in [0.15, 0.2) is 42.5 Å². The Morgan fingerprint density at radius 2 is 1.93 bits per heavy atom. The Hall–Kier alpha value is -2.58. The quantitative estimate of drug-likeness (QED) is 0.815. The molecule has 1 saturated heterocycles. The number of nitrogens with zero attached hydrogens (tertiary/aromatic N) is 1. The number of nitrogens with one attached hydrogen (secondary N) is 1. The summed E-state index contributed by atoms with van der Waals surface area (Å²) in [5.41, 5.74) is -0.432. The van der Waals surface area contributed by atoms with Crippen LogP contribution in [-0.2, 0) is 14.8 Å². The summed E-state index contributed by atoms with van der Waals surface area (Å²) in [5.74, 6) is -0.810. The van der Waals surface area contributed by atoms with Crippen LogP contribution in [0, 0.1) is 5.41 Å². The third-order valence-electron chi connectivity index (χ3n) is 4.34. The van der Waals surface area contributed by atoms with Crippen molar-refractivity contribution in [3.63, 3.8) is 0 Å². The SMILES string of the molecule is COc1cccc(NC(=O)c2ccc(Cl)c(N3C(=O)C(C)(C)CS3(=O)=O)c2)c1. The van der Waals surface area contributed by atoms with Gasteiger partial charge in [0.15, 0.2) is 0 Å². The minimum absolute atomic E-state index is 0.0319. The molecule has 0 bridgehead atoms. The van der Waals surface area contributed by atoms with E-state index < -0.39 is 27.3 Å².